The molecule has 4 heteroatoms. The topological polar surface area (TPSA) is 29.5 Å². The number of halogens is 1. The minimum Gasteiger partial charge on any atom is -0.444 e. The lowest BCUT2D eigenvalue weighted by Gasteiger charge is -2.36. The predicted molar refractivity (Wildman–Crippen MR) is 73.3 cm³/mol. The fourth-order valence-electron chi connectivity index (χ4n) is 2.02. The molecule has 1 aliphatic rings. The van der Waals surface area contributed by atoms with Crippen molar-refractivity contribution in [3.8, 4) is 0 Å². The van der Waals surface area contributed by atoms with E-state index in [4.69, 9.17) is 4.74 Å². The van der Waals surface area contributed by atoms with E-state index in [-0.39, 0.29) is 12.1 Å². The van der Waals surface area contributed by atoms with Gasteiger partial charge in [-0.3, -0.25) is 0 Å². The van der Waals surface area contributed by atoms with Crippen molar-refractivity contribution in [1.82, 2.24) is 4.90 Å². The summed E-state index contributed by atoms with van der Waals surface area (Å²) in [5, 5.41) is 0. The average Bonchev–Trinajstić information content (AvgIpc) is 2.24. The van der Waals surface area contributed by atoms with E-state index in [9.17, 15) is 4.79 Å². The van der Waals surface area contributed by atoms with E-state index in [1.165, 1.54) is 6.42 Å². The third kappa shape index (κ3) is 5.11. The van der Waals surface area contributed by atoms with Gasteiger partial charge in [0.15, 0.2) is 0 Å². The molecule has 0 saturated carbocycles. The molecular weight excluding hydrogens is 282 g/mol. The van der Waals surface area contributed by atoms with Crippen LogP contribution < -0.4 is 0 Å². The van der Waals surface area contributed by atoms with Crippen LogP contribution in [0, 0.1) is 0 Å². The number of amides is 1. The Morgan fingerprint density at radius 1 is 1.47 bits per heavy atom. The van der Waals surface area contributed by atoms with Crippen LogP contribution in [0.25, 0.3) is 0 Å². The first-order valence-corrected chi connectivity index (χ1v) is 7.10. The van der Waals surface area contributed by atoms with Crippen LogP contribution in [0.15, 0.2) is 11.1 Å². The van der Waals surface area contributed by atoms with Crippen LogP contribution in [0.5, 0.6) is 0 Å². The zero-order valence-corrected chi connectivity index (χ0v) is 12.5. The summed E-state index contributed by atoms with van der Waals surface area (Å²) in [6.07, 6.45) is 6.10. The monoisotopic (exact) mass is 303 g/mol. The molecule has 1 amide bonds. The third-order valence-electron chi connectivity index (χ3n) is 2.75. The number of piperidine rings is 1. The van der Waals surface area contributed by atoms with E-state index >= 15 is 0 Å². The van der Waals surface area contributed by atoms with Crippen LogP contribution in [0.4, 0.5) is 4.79 Å². The zero-order valence-electron chi connectivity index (χ0n) is 10.9. The lowest BCUT2D eigenvalue weighted by Crippen LogP contribution is -2.45. The number of likely N-dealkylation sites (tertiary alicyclic amines) is 1. The van der Waals surface area contributed by atoms with Gasteiger partial charge in [0.2, 0.25) is 0 Å². The van der Waals surface area contributed by atoms with Gasteiger partial charge >= 0.3 is 6.09 Å². The van der Waals surface area contributed by atoms with Crippen molar-refractivity contribution in [1.29, 1.82) is 0 Å². The number of carbonyl (C=O) groups is 1. The highest BCUT2D eigenvalue weighted by molar-refractivity contribution is 9.11. The Morgan fingerprint density at radius 3 is 2.76 bits per heavy atom. The molecule has 3 nitrogen and oxygen atoms in total. The highest BCUT2D eigenvalue weighted by Gasteiger charge is 2.29. The van der Waals surface area contributed by atoms with Gasteiger partial charge in [-0.2, -0.15) is 0 Å². The second-order valence-corrected chi connectivity index (χ2v) is 5.95. The fraction of sp³-hybridized carbons (Fsp3) is 0.769. The van der Waals surface area contributed by atoms with E-state index in [0.717, 1.165) is 25.8 Å². The van der Waals surface area contributed by atoms with Gasteiger partial charge < -0.3 is 9.64 Å². The maximum atomic E-state index is 12.1. The summed E-state index contributed by atoms with van der Waals surface area (Å²) in [6, 6.07) is 0.285. The smallest absolute Gasteiger partial charge is 0.410 e. The molecule has 0 aromatic rings. The van der Waals surface area contributed by atoms with Gasteiger partial charge in [0.1, 0.15) is 5.60 Å². The Morgan fingerprint density at radius 2 is 2.18 bits per heavy atom. The predicted octanol–water partition coefficient (Wildman–Crippen LogP) is 4.07. The molecular formula is C13H22BrNO2. The van der Waals surface area contributed by atoms with E-state index in [1.807, 2.05) is 36.7 Å². The lowest BCUT2D eigenvalue weighted by atomic mass is 10.00. The van der Waals surface area contributed by atoms with Gasteiger partial charge in [-0.25, -0.2) is 4.79 Å². The Labute approximate surface area is 112 Å². The summed E-state index contributed by atoms with van der Waals surface area (Å²) in [5.41, 5.74) is -0.412. The second kappa shape index (κ2) is 6.43. The minimum atomic E-state index is -0.412. The zero-order chi connectivity index (χ0) is 12.9. The largest absolute Gasteiger partial charge is 0.444 e. The summed E-state index contributed by atoms with van der Waals surface area (Å²) >= 11 is 3.27. The number of carbonyl (C=O) groups excluding carboxylic acids is 1. The quantitative estimate of drug-likeness (QED) is 0.769. The van der Waals surface area contributed by atoms with Gasteiger partial charge in [-0.15, -0.1) is 0 Å². The molecule has 1 saturated heterocycles. The van der Waals surface area contributed by atoms with Crippen molar-refractivity contribution in [3.05, 3.63) is 11.1 Å². The van der Waals surface area contributed by atoms with Gasteiger partial charge in [-0.05, 0) is 51.4 Å². The molecule has 1 rings (SSSR count). The van der Waals surface area contributed by atoms with E-state index in [2.05, 4.69) is 15.9 Å². The van der Waals surface area contributed by atoms with Crippen LogP contribution >= 0.6 is 15.9 Å². The van der Waals surface area contributed by atoms with Crippen molar-refractivity contribution < 1.29 is 9.53 Å². The first-order chi connectivity index (χ1) is 7.94. The lowest BCUT2D eigenvalue weighted by molar-refractivity contribution is 0.0102. The third-order valence-corrected chi connectivity index (χ3v) is 3.13. The molecule has 0 bridgehead atoms. The second-order valence-electron chi connectivity index (χ2n) is 5.42. The van der Waals surface area contributed by atoms with Crippen molar-refractivity contribution in [3.63, 3.8) is 0 Å². The van der Waals surface area contributed by atoms with Crippen molar-refractivity contribution in [2.75, 3.05) is 6.54 Å². The summed E-state index contributed by atoms with van der Waals surface area (Å²) < 4.78 is 5.44. The van der Waals surface area contributed by atoms with Crippen molar-refractivity contribution in [2.24, 2.45) is 0 Å². The minimum absolute atomic E-state index is 0.176. The Hall–Kier alpha value is -0.510. The molecule has 1 heterocycles. The van der Waals surface area contributed by atoms with Crippen LogP contribution in [0.3, 0.4) is 0 Å². The Bertz CT molecular complexity index is 284. The maximum Gasteiger partial charge on any atom is 0.410 e. The molecule has 0 aliphatic carbocycles. The molecule has 0 radical (unpaired) electrons. The molecule has 0 spiro atoms. The molecule has 0 aromatic heterocycles. The molecule has 0 N–H and O–H groups in total. The normalized spacial score (nSPS) is 21.9. The molecule has 1 aliphatic heterocycles. The molecule has 1 unspecified atom stereocenters. The molecule has 0 aromatic carbocycles. The standard InChI is InChI=1S/C13H22BrNO2/c1-13(2,3)17-12(16)15-10-5-4-7-11(15)8-6-9-14/h6,9,11H,4-5,7-8,10H2,1-3H3/b9-6+. The first-order valence-electron chi connectivity index (χ1n) is 6.19. The fourth-order valence-corrected chi connectivity index (χ4v) is 2.23. The number of hydrogen-bond donors (Lipinski definition) is 0. The summed E-state index contributed by atoms with van der Waals surface area (Å²) in [5.74, 6) is 0. The van der Waals surface area contributed by atoms with E-state index in [1.54, 1.807) is 0 Å². The molecule has 17 heavy (non-hydrogen) atoms. The van der Waals surface area contributed by atoms with E-state index < -0.39 is 5.60 Å². The van der Waals surface area contributed by atoms with Gasteiger partial charge in [0, 0.05) is 12.6 Å². The highest BCUT2D eigenvalue weighted by Crippen LogP contribution is 2.22. The SMILES string of the molecule is CC(C)(C)OC(=O)N1CCCCC1C/C=C/Br. The number of rotatable bonds is 2. The first kappa shape index (κ1) is 14.6. The highest BCUT2D eigenvalue weighted by atomic mass is 79.9. The van der Waals surface area contributed by atoms with Gasteiger partial charge in [-0.1, -0.05) is 22.0 Å². The average molecular weight is 304 g/mol. The van der Waals surface area contributed by atoms with E-state index in [0.29, 0.717) is 0 Å². The molecule has 1 atom stereocenters. The number of hydrogen-bond acceptors (Lipinski definition) is 2. The van der Waals surface area contributed by atoms with Crippen molar-refractivity contribution >= 4 is 22.0 Å². The summed E-state index contributed by atoms with van der Waals surface area (Å²) in [7, 11) is 0. The maximum absolute atomic E-state index is 12.1. The summed E-state index contributed by atoms with van der Waals surface area (Å²) in [6.45, 7) is 6.53. The number of nitrogens with zero attached hydrogens (tertiary/aromatic N) is 1. The summed E-state index contributed by atoms with van der Waals surface area (Å²) in [4.78, 5) is 15.8. The Kier molecular flexibility index (Phi) is 5.50. The van der Waals surface area contributed by atoms with Crippen LogP contribution in [-0.2, 0) is 4.74 Å². The van der Waals surface area contributed by atoms with Crippen LogP contribution in [0.1, 0.15) is 46.5 Å². The van der Waals surface area contributed by atoms with Gasteiger partial charge in [0.05, 0.1) is 0 Å². The van der Waals surface area contributed by atoms with Gasteiger partial charge in [0.25, 0.3) is 0 Å². The Balaban J connectivity index is 2.60. The van der Waals surface area contributed by atoms with Crippen molar-refractivity contribution in [2.45, 2.75) is 58.1 Å². The van der Waals surface area contributed by atoms with Crippen LogP contribution in [0.2, 0.25) is 0 Å². The van der Waals surface area contributed by atoms with Crippen LogP contribution in [-0.4, -0.2) is 29.2 Å². The number of ether oxygens (including phenoxy) is 1. The molecule has 98 valence electrons. The molecule has 1 fully saturated rings.